The number of hydrogen-bond acceptors (Lipinski definition) is 4. The first kappa shape index (κ1) is 17.1. The van der Waals surface area contributed by atoms with Gasteiger partial charge in [-0.1, -0.05) is 25.1 Å². The monoisotopic (exact) mass is 343 g/mol. The molecule has 0 atom stereocenters. The highest BCUT2D eigenvalue weighted by Crippen LogP contribution is 2.26. The smallest absolute Gasteiger partial charge is 0.257 e. The van der Waals surface area contributed by atoms with E-state index >= 15 is 0 Å². The SMILES string of the molecule is Cc1ccccc1C(=O)Nc1nc(C)c(CN2CCC(C)CC2)s1. The predicted octanol–water partition coefficient (Wildman–Crippen LogP) is 4.24. The molecule has 0 saturated carbocycles. The van der Waals surface area contributed by atoms with Gasteiger partial charge in [0.05, 0.1) is 5.69 Å². The number of anilines is 1. The maximum Gasteiger partial charge on any atom is 0.257 e. The Hall–Kier alpha value is -1.72. The molecule has 5 heteroatoms. The van der Waals surface area contributed by atoms with E-state index in [4.69, 9.17) is 0 Å². The molecule has 1 aliphatic heterocycles. The molecule has 4 nitrogen and oxygen atoms in total. The van der Waals surface area contributed by atoms with Gasteiger partial charge in [0.25, 0.3) is 5.91 Å². The summed E-state index contributed by atoms with van der Waals surface area (Å²) < 4.78 is 0. The summed E-state index contributed by atoms with van der Waals surface area (Å²) in [5, 5.41) is 3.65. The fourth-order valence-corrected chi connectivity index (χ4v) is 4.04. The Morgan fingerprint density at radius 3 is 2.71 bits per heavy atom. The van der Waals surface area contributed by atoms with Crippen LogP contribution < -0.4 is 5.32 Å². The molecule has 1 aromatic heterocycles. The molecule has 1 aliphatic rings. The number of thiazole rings is 1. The molecular weight excluding hydrogens is 318 g/mol. The molecule has 1 amide bonds. The van der Waals surface area contributed by atoms with Gasteiger partial charge in [0, 0.05) is 17.0 Å². The van der Waals surface area contributed by atoms with Gasteiger partial charge in [-0.05, 0) is 57.3 Å². The van der Waals surface area contributed by atoms with Gasteiger partial charge in [0.15, 0.2) is 5.13 Å². The van der Waals surface area contributed by atoms with Gasteiger partial charge in [-0.3, -0.25) is 15.0 Å². The third kappa shape index (κ3) is 4.02. The Kier molecular flexibility index (Phi) is 5.31. The molecule has 1 fully saturated rings. The lowest BCUT2D eigenvalue weighted by Crippen LogP contribution is -2.32. The highest BCUT2D eigenvalue weighted by molar-refractivity contribution is 7.15. The average Bonchev–Trinajstić information content (AvgIpc) is 2.89. The summed E-state index contributed by atoms with van der Waals surface area (Å²) in [6, 6.07) is 7.63. The van der Waals surface area contributed by atoms with Crippen LogP contribution in [-0.4, -0.2) is 28.9 Å². The van der Waals surface area contributed by atoms with Crippen LogP contribution in [0.2, 0.25) is 0 Å². The molecule has 0 bridgehead atoms. The summed E-state index contributed by atoms with van der Waals surface area (Å²) in [5.41, 5.74) is 2.71. The molecule has 2 heterocycles. The number of nitrogens with zero attached hydrogens (tertiary/aromatic N) is 2. The van der Waals surface area contributed by atoms with E-state index in [0.717, 1.165) is 36.8 Å². The Balaban J connectivity index is 1.66. The quantitative estimate of drug-likeness (QED) is 0.903. The maximum absolute atomic E-state index is 12.4. The van der Waals surface area contributed by atoms with Gasteiger partial charge >= 0.3 is 0 Å². The van der Waals surface area contributed by atoms with Crippen molar-refractivity contribution in [2.24, 2.45) is 5.92 Å². The Bertz CT molecular complexity index is 717. The fourth-order valence-electron chi connectivity index (χ4n) is 3.04. The second-order valence-electron chi connectivity index (χ2n) is 6.76. The number of benzene rings is 1. The van der Waals surface area contributed by atoms with E-state index in [0.29, 0.717) is 10.7 Å². The standard InChI is InChI=1S/C19H25N3OS/c1-13-8-10-22(11-9-13)12-17-15(3)20-19(24-17)21-18(23)16-7-5-4-6-14(16)2/h4-7,13H,8-12H2,1-3H3,(H,20,21,23). The van der Waals surface area contributed by atoms with Crippen LogP contribution >= 0.6 is 11.3 Å². The highest BCUT2D eigenvalue weighted by Gasteiger charge is 2.19. The summed E-state index contributed by atoms with van der Waals surface area (Å²) in [5.74, 6) is 0.757. The van der Waals surface area contributed by atoms with Crippen molar-refractivity contribution >= 4 is 22.4 Å². The minimum absolute atomic E-state index is 0.0832. The number of amides is 1. The number of piperidine rings is 1. The maximum atomic E-state index is 12.4. The number of aromatic nitrogens is 1. The number of likely N-dealkylation sites (tertiary alicyclic amines) is 1. The zero-order chi connectivity index (χ0) is 17.1. The summed E-state index contributed by atoms with van der Waals surface area (Å²) in [4.78, 5) is 20.7. The molecule has 3 rings (SSSR count). The van der Waals surface area contributed by atoms with E-state index in [-0.39, 0.29) is 5.91 Å². The van der Waals surface area contributed by atoms with Crippen molar-refractivity contribution in [1.29, 1.82) is 0 Å². The van der Waals surface area contributed by atoms with E-state index < -0.39 is 0 Å². The van der Waals surface area contributed by atoms with Crippen LogP contribution in [0.1, 0.15) is 46.3 Å². The third-order valence-electron chi connectivity index (χ3n) is 4.75. The van der Waals surface area contributed by atoms with E-state index in [9.17, 15) is 4.79 Å². The molecule has 0 spiro atoms. The number of carbonyl (C=O) groups excluding carboxylic acids is 1. The Morgan fingerprint density at radius 2 is 2.00 bits per heavy atom. The molecule has 24 heavy (non-hydrogen) atoms. The lowest BCUT2D eigenvalue weighted by atomic mass is 9.99. The number of carbonyl (C=O) groups is 1. The van der Waals surface area contributed by atoms with Crippen molar-refractivity contribution in [2.75, 3.05) is 18.4 Å². The first-order valence-electron chi connectivity index (χ1n) is 8.58. The van der Waals surface area contributed by atoms with Gasteiger partial charge < -0.3 is 0 Å². The van der Waals surface area contributed by atoms with Crippen LogP contribution in [0.15, 0.2) is 24.3 Å². The van der Waals surface area contributed by atoms with Crippen LogP contribution in [-0.2, 0) is 6.54 Å². The van der Waals surface area contributed by atoms with Crippen LogP contribution in [0.3, 0.4) is 0 Å². The van der Waals surface area contributed by atoms with Gasteiger partial charge in [-0.15, -0.1) is 11.3 Å². The lowest BCUT2D eigenvalue weighted by Gasteiger charge is -2.29. The summed E-state index contributed by atoms with van der Waals surface area (Å²) >= 11 is 1.60. The van der Waals surface area contributed by atoms with Crippen molar-refractivity contribution in [1.82, 2.24) is 9.88 Å². The average molecular weight is 343 g/mol. The van der Waals surface area contributed by atoms with Crippen molar-refractivity contribution in [3.05, 3.63) is 46.0 Å². The summed E-state index contributed by atoms with van der Waals surface area (Å²) in [7, 11) is 0. The minimum Gasteiger partial charge on any atom is -0.298 e. The molecular formula is C19H25N3OS. The summed E-state index contributed by atoms with van der Waals surface area (Å²) in [6.07, 6.45) is 2.55. The normalized spacial score (nSPS) is 16.3. The summed E-state index contributed by atoms with van der Waals surface area (Å²) in [6.45, 7) is 9.56. The lowest BCUT2D eigenvalue weighted by molar-refractivity contribution is 0.102. The van der Waals surface area contributed by atoms with E-state index in [1.165, 1.54) is 17.7 Å². The van der Waals surface area contributed by atoms with Crippen molar-refractivity contribution in [2.45, 2.75) is 40.2 Å². The number of nitrogens with one attached hydrogen (secondary N) is 1. The topological polar surface area (TPSA) is 45.2 Å². The second kappa shape index (κ2) is 7.45. The molecule has 0 radical (unpaired) electrons. The minimum atomic E-state index is -0.0832. The molecule has 0 unspecified atom stereocenters. The van der Waals surface area contributed by atoms with Crippen LogP contribution in [0.25, 0.3) is 0 Å². The Morgan fingerprint density at radius 1 is 1.29 bits per heavy atom. The third-order valence-corrected chi connectivity index (χ3v) is 5.80. The number of hydrogen-bond donors (Lipinski definition) is 1. The van der Waals surface area contributed by atoms with Crippen molar-refractivity contribution in [3.63, 3.8) is 0 Å². The second-order valence-corrected chi connectivity index (χ2v) is 7.84. The van der Waals surface area contributed by atoms with Crippen molar-refractivity contribution in [3.8, 4) is 0 Å². The zero-order valence-corrected chi connectivity index (χ0v) is 15.4. The highest BCUT2D eigenvalue weighted by atomic mass is 32.1. The largest absolute Gasteiger partial charge is 0.298 e. The first-order valence-corrected chi connectivity index (χ1v) is 9.40. The van der Waals surface area contributed by atoms with E-state index in [1.54, 1.807) is 11.3 Å². The fraction of sp³-hybridized carbons (Fsp3) is 0.474. The number of aryl methyl sites for hydroxylation is 2. The molecule has 1 aromatic carbocycles. The molecule has 128 valence electrons. The molecule has 2 aromatic rings. The molecule has 1 N–H and O–H groups in total. The van der Waals surface area contributed by atoms with Crippen molar-refractivity contribution < 1.29 is 4.79 Å². The predicted molar refractivity (Wildman–Crippen MR) is 99.7 cm³/mol. The first-order chi connectivity index (χ1) is 11.5. The van der Waals surface area contributed by atoms with Gasteiger partial charge in [-0.2, -0.15) is 0 Å². The van der Waals surface area contributed by atoms with Gasteiger partial charge in [0.2, 0.25) is 0 Å². The van der Waals surface area contributed by atoms with E-state index in [2.05, 4.69) is 22.1 Å². The van der Waals surface area contributed by atoms with Crippen LogP contribution in [0.5, 0.6) is 0 Å². The molecule has 1 saturated heterocycles. The van der Waals surface area contributed by atoms with E-state index in [1.807, 2.05) is 38.1 Å². The van der Waals surface area contributed by atoms with Crippen LogP contribution in [0.4, 0.5) is 5.13 Å². The van der Waals surface area contributed by atoms with Gasteiger partial charge in [-0.25, -0.2) is 4.98 Å². The zero-order valence-electron chi connectivity index (χ0n) is 14.6. The molecule has 0 aliphatic carbocycles. The van der Waals surface area contributed by atoms with Crippen LogP contribution in [0, 0.1) is 19.8 Å². The Labute approximate surface area is 147 Å². The van der Waals surface area contributed by atoms with Gasteiger partial charge in [0.1, 0.15) is 0 Å². The number of rotatable bonds is 4.